The third-order valence-corrected chi connectivity index (χ3v) is 2.36. The Morgan fingerprint density at radius 1 is 1.19 bits per heavy atom. The summed E-state index contributed by atoms with van der Waals surface area (Å²) in [5.41, 5.74) is 0.668. The molecule has 0 saturated carbocycles. The number of nitrogens with zero attached hydrogens (tertiary/aromatic N) is 4. The summed E-state index contributed by atoms with van der Waals surface area (Å²) in [6.45, 7) is 0. The third-order valence-electron chi connectivity index (χ3n) is 1.79. The van der Waals surface area contributed by atoms with Gasteiger partial charge in [0.1, 0.15) is 12.7 Å². The highest BCUT2D eigenvalue weighted by molar-refractivity contribution is 6.37. The fourth-order valence-electron chi connectivity index (χ4n) is 1.05. The second-order valence-electron chi connectivity index (χ2n) is 2.92. The Morgan fingerprint density at radius 2 is 1.75 bits per heavy atom. The molecule has 0 fully saturated rings. The molecular weight excluding hydrogens is 251 g/mol. The second kappa shape index (κ2) is 4.51. The third kappa shape index (κ3) is 2.32. The first-order chi connectivity index (χ1) is 7.66. The number of halogens is 2. The zero-order valence-electron chi connectivity index (χ0n) is 7.88. The molecule has 1 heterocycles. The number of phenolic OH excluding ortho intramolecular Hbond substituents is 1. The summed E-state index contributed by atoms with van der Waals surface area (Å²) in [7, 11) is 0. The molecule has 2 aromatic rings. The highest BCUT2D eigenvalue weighted by Gasteiger charge is 2.05. The molecular formula is C9H6Cl2N4O. The molecule has 7 heteroatoms. The van der Waals surface area contributed by atoms with Crippen LogP contribution in [0.1, 0.15) is 5.56 Å². The fraction of sp³-hybridized carbons (Fsp3) is 0. The lowest BCUT2D eigenvalue weighted by atomic mass is 10.2. The quantitative estimate of drug-likeness (QED) is 0.838. The van der Waals surface area contributed by atoms with Crippen molar-refractivity contribution in [3.63, 3.8) is 0 Å². The van der Waals surface area contributed by atoms with Gasteiger partial charge < -0.3 is 5.11 Å². The van der Waals surface area contributed by atoms with E-state index in [-0.39, 0.29) is 15.8 Å². The van der Waals surface area contributed by atoms with Crippen LogP contribution in [0.3, 0.4) is 0 Å². The summed E-state index contributed by atoms with van der Waals surface area (Å²) in [6.07, 6.45) is 4.42. The number of rotatable bonds is 2. The summed E-state index contributed by atoms with van der Waals surface area (Å²) >= 11 is 11.5. The van der Waals surface area contributed by atoms with E-state index >= 15 is 0 Å². The van der Waals surface area contributed by atoms with E-state index in [0.717, 1.165) is 0 Å². The van der Waals surface area contributed by atoms with Gasteiger partial charge in [-0.2, -0.15) is 5.10 Å². The summed E-state index contributed by atoms with van der Waals surface area (Å²) in [5.74, 6) is -0.134. The molecule has 0 unspecified atom stereocenters. The monoisotopic (exact) mass is 256 g/mol. The van der Waals surface area contributed by atoms with Crippen molar-refractivity contribution >= 4 is 29.4 Å². The zero-order chi connectivity index (χ0) is 11.5. The molecule has 0 aliphatic rings. The Kier molecular flexibility index (Phi) is 3.07. The molecule has 1 aromatic carbocycles. The molecule has 0 aliphatic heterocycles. The van der Waals surface area contributed by atoms with Gasteiger partial charge in [0.15, 0.2) is 5.75 Å². The summed E-state index contributed by atoms with van der Waals surface area (Å²) in [6, 6.07) is 3.10. The van der Waals surface area contributed by atoms with E-state index in [9.17, 15) is 5.11 Å². The summed E-state index contributed by atoms with van der Waals surface area (Å²) in [5, 5.41) is 20.9. The molecule has 0 bridgehead atoms. The first-order valence-electron chi connectivity index (χ1n) is 4.24. The van der Waals surface area contributed by atoms with Crippen LogP contribution in [0.2, 0.25) is 10.0 Å². The van der Waals surface area contributed by atoms with Crippen molar-refractivity contribution in [3.8, 4) is 5.75 Å². The largest absolute Gasteiger partial charge is 0.505 e. The van der Waals surface area contributed by atoms with Crippen LogP contribution >= 0.6 is 23.2 Å². The number of benzene rings is 1. The number of hydrogen-bond acceptors (Lipinski definition) is 4. The average Bonchev–Trinajstić information content (AvgIpc) is 2.75. The van der Waals surface area contributed by atoms with Crippen LogP contribution in [-0.4, -0.2) is 26.2 Å². The van der Waals surface area contributed by atoms with E-state index < -0.39 is 0 Å². The van der Waals surface area contributed by atoms with Gasteiger partial charge in [0, 0.05) is 0 Å². The molecule has 0 radical (unpaired) electrons. The standard InChI is InChI=1S/C9H6Cl2N4O/c10-7-1-6(2-8(11)9(7)16)3-14-15-4-12-13-5-15/h1-5,16H. The van der Waals surface area contributed by atoms with Crippen LogP contribution in [0.15, 0.2) is 29.9 Å². The molecule has 0 spiro atoms. The minimum Gasteiger partial charge on any atom is -0.505 e. The maximum atomic E-state index is 9.35. The van der Waals surface area contributed by atoms with Crippen LogP contribution in [0, 0.1) is 0 Å². The highest BCUT2D eigenvalue weighted by Crippen LogP contribution is 2.32. The lowest BCUT2D eigenvalue weighted by Crippen LogP contribution is -1.88. The smallest absolute Gasteiger partial charge is 0.152 e. The Morgan fingerprint density at radius 3 is 2.31 bits per heavy atom. The zero-order valence-corrected chi connectivity index (χ0v) is 9.39. The summed E-state index contributed by atoms with van der Waals surface area (Å²) < 4.78 is 1.43. The number of aromatic nitrogens is 3. The van der Waals surface area contributed by atoms with Crippen LogP contribution < -0.4 is 0 Å². The minimum absolute atomic E-state index is 0.134. The number of phenols is 1. The molecule has 0 aliphatic carbocycles. The average molecular weight is 257 g/mol. The molecule has 1 N–H and O–H groups in total. The van der Waals surface area contributed by atoms with Crippen molar-refractivity contribution < 1.29 is 5.11 Å². The SMILES string of the molecule is Oc1c(Cl)cc(C=Nn2cnnc2)cc1Cl. The van der Waals surface area contributed by atoms with E-state index in [1.165, 1.54) is 23.5 Å². The van der Waals surface area contributed by atoms with Gasteiger partial charge >= 0.3 is 0 Å². The lowest BCUT2D eigenvalue weighted by molar-refractivity contribution is 0.476. The molecule has 0 atom stereocenters. The van der Waals surface area contributed by atoms with Crippen molar-refractivity contribution in [1.82, 2.24) is 14.9 Å². The van der Waals surface area contributed by atoms with Gasteiger partial charge in [-0.3, -0.25) is 0 Å². The normalized spacial score (nSPS) is 11.1. The van der Waals surface area contributed by atoms with Crippen LogP contribution in [0.25, 0.3) is 0 Å². The molecule has 5 nitrogen and oxygen atoms in total. The van der Waals surface area contributed by atoms with Crippen molar-refractivity contribution in [2.75, 3.05) is 0 Å². The highest BCUT2D eigenvalue weighted by atomic mass is 35.5. The van der Waals surface area contributed by atoms with Crippen molar-refractivity contribution in [3.05, 3.63) is 40.4 Å². The van der Waals surface area contributed by atoms with Crippen LogP contribution in [0.4, 0.5) is 0 Å². The van der Waals surface area contributed by atoms with Gasteiger partial charge in [0.25, 0.3) is 0 Å². The lowest BCUT2D eigenvalue weighted by Gasteiger charge is -2.00. The first kappa shape index (κ1) is 10.9. The van der Waals surface area contributed by atoms with E-state index in [4.69, 9.17) is 23.2 Å². The fourth-order valence-corrected chi connectivity index (χ4v) is 1.55. The van der Waals surface area contributed by atoms with Crippen LogP contribution in [0.5, 0.6) is 5.75 Å². The van der Waals surface area contributed by atoms with Gasteiger partial charge in [0.05, 0.1) is 16.3 Å². The molecule has 0 saturated heterocycles. The second-order valence-corrected chi connectivity index (χ2v) is 3.73. The Labute approximate surface area is 101 Å². The molecule has 1 aromatic heterocycles. The Balaban J connectivity index is 2.29. The van der Waals surface area contributed by atoms with E-state index in [0.29, 0.717) is 5.56 Å². The van der Waals surface area contributed by atoms with E-state index in [1.807, 2.05) is 0 Å². The molecule has 0 amide bonds. The topological polar surface area (TPSA) is 63.3 Å². The van der Waals surface area contributed by atoms with Gasteiger partial charge in [0.2, 0.25) is 0 Å². The summed E-state index contributed by atoms with van der Waals surface area (Å²) in [4.78, 5) is 0. The predicted molar refractivity (Wildman–Crippen MR) is 61.1 cm³/mol. The van der Waals surface area contributed by atoms with Crippen molar-refractivity contribution in [2.45, 2.75) is 0 Å². The molecule has 82 valence electrons. The van der Waals surface area contributed by atoms with Gasteiger partial charge in [-0.05, 0) is 17.7 Å². The van der Waals surface area contributed by atoms with Crippen molar-refractivity contribution in [2.24, 2.45) is 5.10 Å². The maximum absolute atomic E-state index is 9.35. The molecule has 2 rings (SSSR count). The van der Waals surface area contributed by atoms with Crippen LogP contribution in [-0.2, 0) is 0 Å². The Bertz CT molecular complexity index is 501. The first-order valence-corrected chi connectivity index (χ1v) is 4.99. The number of hydrogen-bond donors (Lipinski definition) is 1. The Hall–Kier alpha value is -1.59. The molecule has 16 heavy (non-hydrogen) atoms. The van der Waals surface area contributed by atoms with E-state index in [1.54, 1.807) is 12.1 Å². The van der Waals surface area contributed by atoms with Gasteiger partial charge in [-0.1, -0.05) is 23.2 Å². The van der Waals surface area contributed by atoms with Gasteiger partial charge in [-0.25, -0.2) is 4.68 Å². The van der Waals surface area contributed by atoms with Gasteiger partial charge in [-0.15, -0.1) is 10.2 Å². The maximum Gasteiger partial charge on any atom is 0.152 e. The van der Waals surface area contributed by atoms with Crippen molar-refractivity contribution in [1.29, 1.82) is 0 Å². The predicted octanol–water partition coefficient (Wildman–Crippen LogP) is 2.17. The van der Waals surface area contributed by atoms with E-state index in [2.05, 4.69) is 15.3 Å². The number of aromatic hydroxyl groups is 1. The minimum atomic E-state index is -0.134.